The lowest BCUT2D eigenvalue weighted by atomic mass is 9.84. The average Bonchev–Trinajstić information content (AvgIpc) is 3.75. The van der Waals surface area contributed by atoms with Crippen LogP contribution in [0.4, 0.5) is 0 Å². The first kappa shape index (κ1) is 10.3. The minimum atomic E-state index is -0.976. The van der Waals surface area contributed by atoms with Crippen LogP contribution in [0.2, 0.25) is 0 Å². The molecule has 0 atom stereocenters. The van der Waals surface area contributed by atoms with Crippen molar-refractivity contribution in [1.29, 1.82) is 0 Å². The van der Waals surface area contributed by atoms with Crippen molar-refractivity contribution >= 4 is 75.8 Å². The Kier molecular flexibility index (Phi) is 2.13. The van der Waals surface area contributed by atoms with Crippen molar-refractivity contribution in [2.45, 2.75) is 0 Å². The summed E-state index contributed by atoms with van der Waals surface area (Å²) < 4.78 is 240. The van der Waals surface area contributed by atoms with Crippen LogP contribution in [0.1, 0.15) is 35.6 Å². The van der Waals surface area contributed by atoms with Gasteiger partial charge in [-0.1, -0.05) is 139 Å². The van der Waals surface area contributed by atoms with Gasteiger partial charge in [0, 0.05) is 10.8 Å². The highest BCUT2D eigenvalue weighted by atomic mass is 16.3. The summed E-state index contributed by atoms with van der Waals surface area (Å²) in [6.45, 7) is 0. The van der Waals surface area contributed by atoms with Crippen molar-refractivity contribution in [3.05, 3.63) is 157 Å². The highest BCUT2D eigenvalue weighted by Crippen LogP contribution is 2.46. The zero-order valence-corrected chi connectivity index (χ0v) is 22.4. The maximum Gasteiger partial charge on any atom is 0.136 e. The fourth-order valence-corrected chi connectivity index (χ4v) is 5.82. The van der Waals surface area contributed by atoms with Crippen molar-refractivity contribution < 1.29 is 40.1 Å². The molecule has 1 aromatic heterocycles. The van der Waals surface area contributed by atoms with Crippen molar-refractivity contribution in [2.24, 2.45) is 0 Å². The van der Waals surface area contributed by atoms with Crippen molar-refractivity contribution in [2.75, 3.05) is 0 Å². The number of hydrogen-bond acceptors (Lipinski definition) is 1. The van der Waals surface area contributed by atoms with Crippen molar-refractivity contribution in [1.82, 2.24) is 0 Å². The van der Waals surface area contributed by atoms with Crippen LogP contribution in [-0.2, 0) is 0 Å². The summed E-state index contributed by atoms with van der Waals surface area (Å²) in [5.74, 6) is 0. The molecule has 208 valence electrons. The molecule has 0 fully saturated rings. The van der Waals surface area contributed by atoms with Gasteiger partial charge >= 0.3 is 0 Å². The molecule has 45 heavy (non-hydrogen) atoms. The lowest BCUT2D eigenvalue weighted by Crippen LogP contribution is -1.91. The van der Waals surface area contributed by atoms with E-state index in [4.69, 9.17) is 27.7 Å². The largest absolute Gasteiger partial charge is 0.456 e. The van der Waals surface area contributed by atoms with Gasteiger partial charge in [0.1, 0.15) is 11.2 Å². The first-order valence-electron chi connectivity index (χ1n) is 26.4. The number of benzene rings is 9. The zero-order chi connectivity index (χ0) is 52.1. The van der Waals surface area contributed by atoms with Crippen LogP contribution in [0.15, 0.2) is 162 Å². The highest BCUT2D eigenvalue weighted by Gasteiger charge is 2.19. The van der Waals surface area contributed by atoms with Gasteiger partial charge in [0.25, 0.3) is 0 Å². The molecule has 1 heterocycles. The third-order valence-electron chi connectivity index (χ3n) is 7.70. The van der Waals surface area contributed by atoms with Crippen LogP contribution in [0.5, 0.6) is 0 Å². The second-order valence-electron chi connectivity index (χ2n) is 10.0. The predicted molar refractivity (Wildman–Crippen MR) is 192 cm³/mol. The van der Waals surface area contributed by atoms with E-state index in [-0.39, 0.29) is 10.8 Å². The van der Waals surface area contributed by atoms with E-state index >= 15 is 0 Å². The summed E-state index contributed by atoms with van der Waals surface area (Å²) in [5.41, 5.74) is -4.02. The van der Waals surface area contributed by atoms with E-state index in [2.05, 4.69) is 0 Å². The molecule has 0 radical (unpaired) electrons. The maximum absolute atomic E-state index is 9.73. The molecule has 1 heteroatoms. The third-order valence-corrected chi connectivity index (χ3v) is 7.70. The molecule has 0 aliphatic rings. The quantitative estimate of drug-likeness (QED) is 0.143. The van der Waals surface area contributed by atoms with E-state index in [0.717, 1.165) is 0 Å². The summed E-state index contributed by atoms with van der Waals surface area (Å²) in [6, 6.07) is -22.6. The average molecular weight is 597 g/mol. The summed E-state index contributed by atoms with van der Waals surface area (Å²) in [5, 5.41) is -6.71. The molecule has 0 saturated heterocycles. The van der Waals surface area contributed by atoms with Crippen LogP contribution >= 0.6 is 0 Å². The Morgan fingerprint density at radius 3 is 1.64 bits per heavy atom. The molecule has 0 unspecified atom stereocenters. The molecule has 0 bridgehead atoms. The molecule has 0 spiro atoms. The van der Waals surface area contributed by atoms with E-state index in [1.165, 1.54) is 0 Å². The Balaban J connectivity index is 1.53. The standard InChI is InChI=1S/C44H26O/c1-3-12-30-27(10-1)20-23-33-32(30)18-9-19-34(33)43-37-16-7-5-14-35(37)42(36-15-6-8-17-38(36)43)29-21-24-39-41(26-29)45-40-25-22-28-11-2-4-13-31(28)44(39)40/h1-26H/i1D,2D,3D,4D,5D,6D,7D,8D,9D,10D,11D,12D,13D,14D,15D,16D,17D,18D,19D,20D,21D,22D,23D,24D,25D,26D. The van der Waals surface area contributed by atoms with E-state index in [1.54, 1.807) is 0 Å². The summed E-state index contributed by atoms with van der Waals surface area (Å²) in [7, 11) is 0. The van der Waals surface area contributed by atoms with Crippen LogP contribution in [0, 0.1) is 0 Å². The smallest absolute Gasteiger partial charge is 0.136 e. The Morgan fingerprint density at radius 1 is 0.356 bits per heavy atom. The first-order valence-corrected chi connectivity index (χ1v) is 13.4. The second kappa shape index (κ2) is 9.29. The molecule has 9 aromatic carbocycles. The Morgan fingerprint density at radius 2 is 0.911 bits per heavy atom. The molecule has 10 rings (SSSR count). The SMILES string of the molecule is [2H]c1c([2H])c([2H])c2c(-c3c([2H])c([2H])c([2H])c4c3c([2H])c([2H])c3c([2H])c([2H])c([2H])c([2H])c34)c3c([2H])c([2H])c([2H])c([2H])c3c(-c3c([2H])c([2H])c4c(oc5c([2H])c([2H])c6c([2H])c([2H])c([2H])c([2H])c6c54)c3[2H])c2c1[2H]. The molecule has 0 aliphatic carbocycles. The van der Waals surface area contributed by atoms with Gasteiger partial charge in [0.2, 0.25) is 0 Å². The minimum absolute atomic E-state index is 0.341. The normalized spacial score (nSPS) is 20.1. The van der Waals surface area contributed by atoms with Gasteiger partial charge in [0.15, 0.2) is 0 Å². The van der Waals surface area contributed by atoms with Gasteiger partial charge in [0.05, 0.1) is 35.6 Å². The van der Waals surface area contributed by atoms with Crippen molar-refractivity contribution in [3.63, 3.8) is 0 Å². The van der Waals surface area contributed by atoms with Gasteiger partial charge in [-0.3, -0.25) is 0 Å². The van der Waals surface area contributed by atoms with Gasteiger partial charge < -0.3 is 4.42 Å². The Bertz CT molecular complexity index is 4210. The second-order valence-corrected chi connectivity index (χ2v) is 10.0. The third kappa shape index (κ3) is 3.50. The Labute approximate surface area is 296 Å². The number of furan rings is 1. The molecule has 1 nitrogen and oxygen atoms in total. The Hall–Kier alpha value is -5.92. The molecular weight excluding hydrogens is 544 g/mol. The number of rotatable bonds is 2. The van der Waals surface area contributed by atoms with Crippen LogP contribution in [0.25, 0.3) is 98.1 Å². The van der Waals surface area contributed by atoms with Crippen molar-refractivity contribution in [3.8, 4) is 22.3 Å². The van der Waals surface area contributed by atoms with Gasteiger partial charge in [-0.15, -0.1) is 0 Å². The maximum atomic E-state index is 9.73. The van der Waals surface area contributed by atoms with Gasteiger partial charge in [-0.25, -0.2) is 0 Å². The summed E-state index contributed by atoms with van der Waals surface area (Å²) in [4.78, 5) is 0. The summed E-state index contributed by atoms with van der Waals surface area (Å²) in [6.07, 6.45) is 0. The molecule has 10 aromatic rings. The van der Waals surface area contributed by atoms with E-state index in [9.17, 15) is 12.3 Å². The molecule has 0 saturated carbocycles. The fraction of sp³-hybridized carbons (Fsp3) is 0. The zero-order valence-electron chi connectivity index (χ0n) is 48.4. The lowest BCUT2D eigenvalue weighted by molar-refractivity contribution is 0.669. The highest BCUT2D eigenvalue weighted by molar-refractivity contribution is 6.25. The van der Waals surface area contributed by atoms with Gasteiger partial charge in [-0.05, 0) is 94.2 Å². The molecular formula is C44H26O. The predicted octanol–water partition coefficient (Wildman–Crippen LogP) is 12.7. The molecule has 0 aliphatic heterocycles. The van der Waals surface area contributed by atoms with Gasteiger partial charge in [-0.2, -0.15) is 0 Å². The monoisotopic (exact) mass is 596 g/mol. The lowest BCUT2D eigenvalue weighted by Gasteiger charge is -2.19. The van der Waals surface area contributed by atoms with E-state index in [0.29, 0.717) is 0 Å². The minimum Gasteiger partial charge on any atom is -0.456 e. The number of fused-ring (bicyclic) bond motifs is 10. The fourth-order valence-electron chi connectivity index (χ4n) is 5.82. The molecule has 0 N–H and O–H groups in total. The topological polar surface area (TPSA) is 13.1 Å². The van der Waals surface area contributed by atoms with E-state index in [1.807, 2.05) is 0 Å². The summed E-state index contributed by atoms with van der Waals surface area (Å²) >= 11 is 0. The first-order chi connectivity index (χ1) is 33.2. The van der Waals surface area contributed by atoms with Crippen LogP contribution < -0.4 is 0 Å². The van der Waals surface area contributed by atoms with Crippen LogP contribution in [0.3, 0.4) is 0 Å². The molecule has 0 amide bonds. The number of hydrogen-bond donors (Lipinski definition) is 0. The van der Waals surface area contributed by atoms with E-state index < -0.39 is 244 Å². The van der Waals surface area contributed by atoms with Crippen LogP contribution in [-0.4, -0.2) is 0 Å².